The van der Waals surface area contributed by atoms with Gasteiger partial charge in [0, 0.05) is 18.0 Å². The first-order valence-electron chi connectivity index (χ1n) is 5.97. The maximum absolute atomic E-state index is 12.4. The van der Waals surface area contributed by atoms with E-state index in [4.69, 9.17) is 4.74 Å². The SMILES string of the molecule is CCOc1cccc(NC(=O)c2ccn(C(F)F)n2)c1. The number of nitrogens with one attached hydrogen (secondary N) is 1. The van der Waals surface area contributed by atoms with Crippen LogP contribution in [-0.4, -0.2) is 22.3 Å². The topological polar surface area (TPSA) is 56.1 Å². The zero-order chi connectivity index (χ0) is 14.5. The average molecular weight is 281 g/mol. The van der Waals surface area contributed by atoms with Crippen molar-refractivity contribution in [2.24, 2.45) is 0 Å². The minimum Gasteiger partial charge on any atom is -0.494 e. The van der Waals surface area contributed by atoms with Crippen molar-refractivity contribution >= 4 is 11.6 Å². The molecule has 2 aromatic rings. The van der Waals surface area contributed by atoms with Crippen molar-refractivity contribution in [3.63, 3.8) is 0 Å². The summed E-state index contributed by atoms with van der Waals surface area (Å²) in [6.07, 6.45) is 1.05. The Balaban J connectivity index is 2.08. The molecule has 1 amide bonds. The van der Waals surface area contributed by atoms with Gasteiger partial charge >= 0.3 is 6.55 Å². The first-order valence-corrected chi connectivity index (χ1v) is 5.97. The summed E-state index contributed by atoms with van der Waals surface area (Å²) in [5.74, 6) is 0.0569. The Morgan fingerprint density at radius 1 is 1.45 bits per heavy atom. The van der Waals surface area contributed by atoms with E-state index in [1.54, 1.807) is 24.3 Å². The highest BCUT2D eigenvalue weighted by molar-refractivity contribution is 6.02. The molecule has 20 heavy (non-hydrogen) atoms. The first-order chi connectivity index (χ1) is 9.60. The van der Waals surface area contributed by atoms with E-state index in [1.165, 1.54) is 6.07 Å². The molecular weight excluding hydrogens is 268 g/mol. The number of rotatable bonds is 5. The van der Waals surface area contributed by atoms with Gasteiger partial charge in [0.2, 0.25) is 0 Å². The number of alkyl halides is 2. The van der Waals surface area contributed by atoms with E-state index in [0.717, 1.165) is 6.20 Å². The molecule has 1 aromatic carbocycles. The molecule has 0 unspecified atom stereocenters. The number of halogens is 2. The van der Waals surface area contributed by atoms with Gasteiger partial charge < -0.3 is 10.1 Å². The van der Waals surface area contributed by atoms with Gasteiger partial charge in [-0.15, -0.1) is 0 Å². The Morgan fingerprint density at radius 2 is 2.25 bits per heavy atom. The molecule has 1 heterocycles. The summed E-state index contributed by atoms with van der Waals surface area (Å²) in [5.41, 5.74) is 0.430. The summed E-state index contributed by atoms with van der Waals surface area (Å²) in [7, 11) is 0. The number of ether oxygens (including phenoxy) is 1. The predicted molar refractivity (Wildman–Crippen MR) is 69.0 cm³/mol. The molecule has 0 spiro atoms. The van der Waals surface area contributed by atoms with E-state index in [9.17, 15) is 13.6 Å². The summed E-state index contributed by atoms with van der Waals surface area (Å²) in [6, 6.07) is 8.02. The van der Waals surface area contributed by atoms with Crippen molar-refractivity contribution in [3.8, 4) is 5.75 Å². The van der Waals surface area contributed by atoms with Crippen LogP contribution >= 0.6 is 0 Å². The van der Waals surface area contributed by atoms with Gasteiger partial charge in [0.1, 0.15) is 5.75 Å². The lowest BCUT2D eigenvalue weighted by molar-refractivity contribution is 0.0561. The minimum absolute atomic E-state index is 0.0767. The van der Waals surface area contributed by atoms with Crippen LogP contribution < -0.4 is 10.1 Å². The fourth-order valence-corrected chi connectivity index (χ4v) is 1.59. The number of aromatic nitrogens is 2. The maximum Gasteiger partial charge on any atom is 0.333 e. The minimum atomic E-state index is -2.77. The molecule has 0 saturated carbocycles. The van der Waals surface area contributed by atoms with Gasteiger partial charge in [-0.2, -0.15) is 13.9 Å². The van der Waals surface area contributed by atoms with E-state index in [2.05, 4.69) is 10.4 Å². The van der Waals surface area contributed by atoms with Gasteiger partial charge in [0.15, 0.2) is 5.69 Å². The smallest absolute Gasteiger partial charge is 0.333 e. The Bertz CT molecular complexity index is 599. The first kappa shape index (κ1) is 14.0. The van der Waals surface area contributed by atoms with Crippen molar-refractivity contribution < 1.29 is 18.3 Å². The second kappa shape index (κ2) is 6.14. The molecule has 1 N–H and O–H groups in total. The molecule has 2 rings (SSSR count). The lowest BCUT2D eigenvalue weighted by Crippen LogP contribution is -2.13. The molecule has 0 aliphatic heterocycles. The highest BCUT2D eigenvalue weighted by Gasteiger charge is 2.13. The predicted octanol–water partition coefficient (Wildman–Crippen LogP) is 2.93. The van der Waals surface area contributed by atoms with Crippen molar-refractivity contribution in [1.82, 2.24) is 9.78 Å². The summed E-state index contributed by atoms with van der Waals surface area (Å²) in [5, 5.41) is 6.06. The van der Waals surface area contributed by atoms with E-state index in [1.807, 2.05) is 6.92 Å². The number of anilines is 1. The zero-order valence-electron chi connectivity index (χ0n) is 10.7. The number of hydrogen-bond donors (Lipinski definition) is 1. The van der Waals surface area contributed by atoms with Crippen LogP contribution in [0.5, 0.6) is 5.75 Å². The van der Waals surface area contributed by atoms with Crippen LogP contribution in [-0.2, 0) is 0 Å². The summed E-state index contributed by atoms with van der Waals surface area (Å²) >= 11 is 0. The van der Waals surface area contributed by atoms with E-state index >= 15 is 0 Å². The molecular formula is C13H13F2N3O2. The van der Waals surface area contributed by atoms with Crippen LogP contribution in [0.15, 0.2) is 36.5 Å². The van der Waals surface area contributed by atoms with Gasteiger partial charge in [-0.25, -0.2) is 4.68 Å². The lowest BCUT2D eigenvalue weighted by Gasteiger charge is -2.06. The Kier molecular flexibility index (Phi) is 4.29. The number of nitrogens with zero attached hydrogens (tertiary/aromatic N) is 2. The van der Waals surface area contributed by atoms with Crippen molar-refractivity contribution in [3.05, 3.63) is 42.2 Å². The van der Waals surface area contributed by atoms with Gasteiger partial charge in [-0.1, -0.05) is 6.07 Å². The second-order valence-electron chi connectivity index (χ2n) is 3.87. The van der Waals surface area contributed by atoms with Gasteiger partial charge in [-0.3, -0.25) is 4.79 Å². The molecule has 5 nitrogen and oxygen atoms in total. The highest BCUT2D eigenvalue weighted by atomic mass is 19.3. The van der Waals surface area contributed by atoms with Crippen LogP contribution in [0.2, 0.25) is 0 Å². The van der Waals surface area contributed by atoms with Crippen molar-refractivity contribution in [2.45, 2.75) is 13.5 Å². The van der Waals surface area contributed by atoms with Crippen LogP contribution in [0.4, 0.5) is 14.5 Å². The summed E-state index contributed by atoms with van der Waals surface area (Å²) in [4.78, 5) is 11.8. The van der Waals surface area contributed by atoms with E-state index < -0.39 is 12.5 Å². The average Bonchev–Trinajstić information content (AvgIpc) is 2.89. The molecule has 0 saturated heterocycles. The third-order valence-electron chi connectivity index (χ3n) is 2.44. The number of carbonyl (C=O) groups excluding carboxylic acids is 1. The van der Waals surface area contributed by atoms with Crippen LogP contribution in [0, 0.1) is 0 Å². The van der Waals surface area contributed by atoms with Gasteiger partial charge in [-0.05, 0) is 25.1 Å². The molecule has 0 radical (unpaired) electrons. The molecule has 0 bridgehead atoms. The summed E-state index contributed by atoms with van der Waals surface area (Å²) < 4.78 is 30.4. The van der Waals surface area contributed by atoms with Crippen LogP contribution in [0.25, 0.3) is 0 Å². The lowest BCUT2D eigenvalue weighted by atomic mass is 10.3. The van der Waals surface area contributed by atoms with Crippen molar-refractivity contribution in [1.29, 1.82) is 0 Å². The quantitative estimate of drug-likeness (QED) is 0.916. The Labute approximate surface area is 114 Å². The van der Waals surface area contributed by atoms with Gasteiger partial charge in [0.05, 0.1) is 6.61 Å². The number of hydrogen-bond acceptors (Lipinski definition) is 3. The molecule has 0 atom stereocenters. The highest BCUT2D eigenvalue weighted by Crippen LogP contribution is 2.18. The van der Waals surface area contributed by atoms with E-state index in [-0.39, 0.29) is 5.69 Å². The third-order valence-corrected chi connectivity index (χ3v) is 2.44. The van der Waals surface area contributed by atoms with E-state index in [0.29, 0.717) is 22.7 Å². The van der Waals surface area contributed by atoms with Gasteiger partial charge in [0.25, 0.3) is 5.91 Å². The molecule has 0 fully saturated rings. The Hall–Kier alpha value is -2.44. The number of benzene rings is 1. The molecule has 0 aliphatic carbocycles. The largest absolute Gasteiger partial charge is 0.494 e. The summed E-state index contributed by atoms with van der Waals surface area (Å²) in [6.45, 7) is -0.406. The molecule has 106 valence electrons. The monoisotopic (exact) mass is 281 g/mol. The number of amides is 1. The fraction of sp³-hybridized carbons (Fsp3) is 0.231. The van der Waals surface area contributed by atoms with Crippen LogP contribution in [0.3, 0.4) is 0 Å². The fourth-order valence-electron chi connectivity index (χ4n) is 1.59. The second-order valence-corrected chi connectivity index (χ2v) is 3.87. The molecule has 1 aromatic heterocycles. The standard InChI is InChI=1S/C13H13F2N3O2/c1-2-20-10-5-3-4-9(8-10)16-12(19)11-6-7-18(17-11)13(14)15/h3-8,13H,2H2,1H3,(H,16,19). The maximum atomic E-state index is 12.4. The number of carbonyl (C=O) groups is 1. The molecule has 7 heteroatoms. The molecule has 0 aliphatic rings. The van der Waals surface area contributed by atoms with Crippen molar-refractivity contribution in [2.75, 3.05) is 11.9 Å². The Morgan fingerprint density at radius 3 is 2.90 bits per heavy atom. The zero-order valence-corrected chi connectivity index (χ0v) is 10.7. The third kappa shape index (κ3) is 3.31. The van der Waals surface area contributed by atoms with Crippen LogP contribution in [0.1, 0.15) is 24.0 Å². The normalized spacial score (nSPS) is 10.6.